The van der Waals surface area contributed by atoms with Crippen molar-refractivity contribution in [2.24, 2.45) is 9.98 Å². The number of aryl methyl sites for hydroxylation is 2. The van der Waals surface area contributed by atoms with Gasteiger partial charge in [0, 0.05) is 11.4 Å². The van der Waals surface area contributed by atoms with Crippen molar-refractivity contribution in [2.45, 2.75) is 91.1 Å². The van der Waals surface area contributed by atoms with E-state index in [2.05, 4.69) is 76.2 Å². The van der Waals surface area contributed by atoms with Crippen LogP contribution in [0.25, 0.3) is 0 Å². The smallest absolute Gasteiger partial charge is 0.0758 e. The van der Waals surface area contributed by atoms with Crippen LogP contribution < -0.4 is 0 Å². The molecule has 0 spiro atoms. The lowest BCUT2D eigenvalue weighted by Crippen LogP contribution is -2.18. The number of allylic oxidation sites excluding steroid dienone is 2. The maximum absolute atomic E-state index is 5.37. The van der Waals surface area contributed by atoms with Gasteiger partial charge < -0.3 is 0 Å². The summed E-state index contributed by atoms with van der Waals surface area (Å²) in [5.41, 5.74) is 14.3. The Morgan fingerprint density at radius 2 is 1.06 bits per heavy atom. The second kappa shape index (κ2) is 9.86. The summed E-state index contributed by atoms with van der Waals surface area (Å²) >= 11 is 0. The molecule has 3 aliphatic carbocycles. The van der Waals surface area contributed by atoms with Gasteiger partial charge in [0.2, 0.25) is 0 Å². The molecule has 0 bridgehead atoms. The maximum Gasteiger partial charge on any atom is 0.0758 e. The molecular formula is C32H38N2. The summed E-state index contributed by atoms with van der Waals surface area (Å²) in [6, 6.07) is 18.1. The van der Waals surface area contributed by atoms with Crippen molar-refractivity contribution in [3.8, 4) is 0 Å². The molecule has 2 nitrogen and oxygen atoms in total. The third-order valence-corrected chi connectivity index (χ3v) is 8.16. The summed E-state index contributed by atoms with van der Waals surface area (Å²) in [7, 11) is 0. The van der Waals surface area contributed by atoms with Gasteiger partial charge in [-0.2, -0.15) is 0 Å². The molecule has 176 valence electrons. The molecule has 2 aromatic rings. The van der Waals surface area contributed by atoms with Crippen molar-refractivity contribution in [1.82, 2.24) is 0 Å². The predicted octanol–water partition coefficient (Wildman–Crippen LogP) is 7.84. The lowest BCUT2D eigenvalue weighted by Gasteiger charge is -2.24. The Labute approximate surface area is 205 Å². The zero-order valence-electron chi connectivity index (χ0n) is 21.3. The molecular weight excluding hydrogens is 412 g/mol. The number of aliphatic imine (C=N–C) groups is 2. The SMILES string of the molecule is CCc1ccccc1C(C)=N[C@@H]1CCC2=C1C1=C(CC2)CC[C@H]1N=C(C)c1ccccc1CC. The number of hydrogen-bond acceptors (Lipinski definition) is 2. The van der Waals surface area contributed by atoms with E-state index in [9.17, 15) is 0 Å². The van der Waals surface area contributed by atoms with Crippen molar-refractivity contribution in [3.63, 3.8) is 0 Å². The number of nitrogens with zero attached hydrogens (tertiary/aromatic N) is 2. The van der Waals surface area contributed by atoms with E-state index < -0.39 is 0 Å². The summed E-state index contributed by atoms with van der Waals surface area (Å²) in [6.45, 7) is 8.89. The molecule has 5 rings (SSSR count). The zero-order valence-corrected chi connectivity index (χ0v) is 21.3. The van der Waals surface area contributed by atoms with Gasteiger partial charge in [-0.15, -0.1) is 0 Å². The first-order valence-electron chi connectivity index (χ1n) is 13.3. The van der Waals surface area contributed by atoms with Crippen LogP contribution in [0.3, 0.4) is 0 Å². The van der Waals surface area contributed by atoms with Crippen LogP contribution in [0.2, 0.25) is 0 Å². The summed E-state index contributed by atoms with van der Waals surface area (Å²) in [4.78, 5) is 10.7. The Bertz CT molecular complexity index is 1110. The fourth-order valence-corrected chi connectivity index (χ4v) is 6.44. The topological polar surface area (TPSA) is 24.7 Å². The molecule has 34 heavy (non-hydrogen) atoms. The van der Waals surface area contributed by atoms with Gasteiger partial charge in [0.1, 0.15) is 0 Å². The van der Waals surface area contributed by atoms with E-state index in [4.69, 9.17) is 9.98 Å². The minimum absolute atomic E-state index is 0.296. The number of fused-ring (bicyclic) bond motifs is 1. The Kier molecular flexibility index (Phi) is 6.68. The van der Waals surface area contributed by atoms with E-state index in [1.165, 1.54) is 59.4 Å². The first-order valence-corrected chi connectivity index (χ1v) is 13.3. The van der Waals surface area contributed by atoms with Gasteiger partial charge in [0.05, 0.1) is 12.1 Å². The van der Waals surface area contributed by atoms with Gasteiger partial charge in [-0.25, -0.2) is 0 Å². The number of rotatable bonds is 6. The average molecular weight is 451 g/mol. The zero-order chi connectivity index (χ0) is 23.7. The van der Waals surface area contributed by atoms with E-state index in [1.807, 2.05) is 0 Å². The first-order chi connectivity index (χ1) is 16.6. The minimum atomic E-state index is 0.296. The molecule has 3 aliphatic rings. The van der Waals surface area contributed by atoms with Crippen LogP contribution in [0.15, 0.2) is 80.8 Å². The molecule has 2 heteroatoms. The van der Waals surface area contributed by atoms with Crippen LogP contribution in [0.5, 0.6) is 0 Å². The molecule has 2 atom stereocenters. The molecule has 2 aromatic carbocycles. The quantitative estimate of drug-likeness (QED) is 0.400. The van der Waals surface area contributed by atoms with Crippen LogP contribution in [-0.4, -0.2) is 23.5 Å². The Balaban J connectivity index is 1.48. The van der Waals surface area contributed by atoms with Crippen LogP contribution in [0.4, 0.5) is 0 Å². The Morgan fingerprint density at radius 1 is 0.647 bits per heavy atom. The monoisotopic (exact) mass is 450 g/mol. The summed E-state index contributed by atoms with van der Waals surface area (Å²) in [5, 5.41) is 0. The third kappa shape index (κ3) is 4.24. The molecule has 0 radical (unpaired) electrons. The van der Waals surface area contributed by atoms with Gasteiger partial charge in [0.25, 0.3) is 0 Å². The van der Waals surface area contributed by atoms with E-state index in [-0.39, 0.29) is 0 Å². The second-order valence-electron chi connectivity index (χ2n) is 10.1. The molecule has 0 aliphatic heterocycles. The lowest BCUT2D eigenvalue weighted by atomic mass is 9.86. The van der Waals surface area contributed by atoms with E-state index in [0.717, 1.165) is 25.7 Å². The van der Waals surface area contributed by atoms with Crippen molar-refractivity contribution in [1.29, 1.82) is 0 Å². The molecule has 0 amide bonds. The Hall–Kier alpha value is -2.74. The van der Waals surface area contributed by atoms with Gasteiger partial charge in [-0.05, 0) is 98.6 Å². The van der Waals surface area contributed by atoms with Crippen molar-refractivity contribution in [2.75, 3.05) is 0 Å². The lowest BCUT2D eigenvalue weighted by molar-refractivity contribution is 0.715. The largest absolute Gasteiger partial charge is 0.281 e. The average Bonchev–Trinajstić information content (AvgIpc) is 3.47. The van der Waals surface area contributed by atoms with Gasteiger partial charge in [0.15, 0.2) is 0 Å². The normalized spacial score (nSPS) is 22.9. The van der Waals surface area contributed by atoms with Gasteiger partial charge >= 0.3 is 0 Å². The highest BCUT2D eigenvalue weighted by Crippen LogP contribution is 2.48. The second-order valence-corrected chi connectivity index (χ2v) is 10.1. The highest BCUT2D eigenvalue weighted by Gasteiger charge is 2.38. The standard InChI is InChI=1S/C32H38N2/c1-5-23-11-7-9-13-27(23)21(3)33-29-19-17-25-15-16-26-18-20-30(32(26)31(25)29)34-22(4)28-14-10-8-12-24(28)6-2/h7-14,29-30H,5-6,15-20H2,1-4H3/t29-,30-/m1/s1. The molecule has 0 aromatic heterocycles. The predicted molar refractivity (Wildman–Crippen MR) is 145 cm³/mol. The molecule has 0 fully saturated rings. The molecule has 0 heterocycles. The van der Waals surface area contributed by atoms with Crippen molar-refractivity contribution in [3.05, 3.63) is 93.1 Å². The van der Waals surface area contributed by atoms with E-state index in [1.54, 1.807) is 22.3 Å². The van der Waals surface area contributed by atoms with Crippen LogP contribution in [-0.2, 0) is 12.8 Å². The van der Waals surface area contributed by atoms with Crippen molar-refractivity contribution >= 4 is 11.4 Å². The van der Waals surface area contributed by atoms with Gasteiger partial charge in [-0.1, -0.05) is 73.5 Å². The van der Waals surface area contributed by atoms with Crippen molar-refractivity contribution < 1.29 is 0 Å². The highest BCUT2D eigenvalue weighted by atomic mass is 14.9. The summed E-state index contributed by atoms with van der Waals surface area (Å²) in [5.74, 6) is 0. The van der Waals surface area contributed by atoms with Crippen LogP contribution in [0.1, 0.15) is 88.5 Å². The van der Waals surface area contributed by atoms with E-state index in [0.29, 0.717) is 12.1 Å². The molecule has 0 saturated carbocycles. The van der Waals surface area contributed by atoms with Crippen LogP contribution in [0, 0.1) is 0 Å². The van der Waals surface area contributed by atoms with E-state index >= 15 is 0 Å². The van der Waals surface area contributed by atoms with Crippen LogP contribution >= 0.6 is 0 Å². The number of benzene rings is 2. The Morgan fingerprint density at radius 3 is 1.47 bits per heavy atom. The first kappa shape index (κ1) is 23.0. The maximum atomic E-state index is 5.37. The molecule has 0 N–H and O–H groups in total. The summed E-state index contributed by atoms with van der Waals surface area (Å²) in [6.07, 6.45) is 9.28. The summed E-state index contributed by atoms with van der Waals surface area (Å²) < 4.78 is 0. The third-order valence-electron chi connectivity index (χ3n) is 8.16. The van der Waals surface area contributed by atoms with Gasteiger partial charge in [-0.3, -0.25) is 9.98 Å². The fourth-order valence-electron chi connectivity index (χ4n) is 6.44. The molecule has 0 unspecified atom stereocenters. The minimum Gasteiger partial charge on any atom is -0.281 e. The molecule has 0 saturated heterocycles. The fraction of sp³-hybridized carbons (Fsp3) is 0.438. The number of hydrogen-bond donors (Lipinski definition) is 0. The highest BCUT2D eigenvalue weighted by molar-refractivity contribution is 6.01.